The molecule has 0 aromatic heterocycles. The summed E-state index contributed by atoms with van der Waals surface area (Å²) in [4.78, 5) is 0. The molecule has 0 atom stereocenters. The molecule has 3 aliphatic rings. The molecule has 3 heterocycles. The van der Waals surface area contributed by atoms with E-state index >= 15 is 0 Å². The van der Waals surface area contributed by atoms with Crippen molar-refractivity contribution in [3.63, 3.8) is 0 Å². The molecule has 0 bridgehead atoms. The van der Waals surface area contributed by atoms with E-state index in [-0.39, 0.29) is 0 Å². The van der Waals surface area contributed by atoms with Crippen LogP contribution in [0.5, 0.6) is 0 Å². The molecule has 3 nitrogen and oxygen atoms in total. The standard InChI is InChI=1S/C8H17N.C7H15N.C6H13N.3C2H6/c1-8(2)4-3-6-9-7-5-8;1-7(2)3-5-8-6-4-7;1-6(2)3-4-7-5-6;3*1-2/h9H,3-7H2,1-2H3;8H,3-6H2,1-2H3;7H,3-5H2,1-2H3;3*1-2H3. The summed E-state index contributed by atoms with van der Waals surface area (Å²) in [6.45, 7) is 33.3. The van der Waals surface area contributed by atoms with Gasteiger partial charge in [0.15, 0.2) is 0 Å². The lowest BCUT2D eigenvalue weighted by Crippen LogP contribution is -2.32. The second-order valence-electron chi connectivity index (χ2n) is 10.3. The fourth-order valence-corrected chi connectivity index (χ4v) is 3.41. The van der Waals surface area contributed by atoms with Crippen molar-refractivity contribution in [2.45, 2.75) is 122 Å². The van der Waals surface area contributed by atoms with E-state index in [2.05, 4.69) is 57.5 Å². The van der Waals surface area contributed by atoms with Crippen molar-refractivity contribution in [3.05, 3.63) is 0 Å². The highest BCUT2D eigenvalue weighted by Crippen LogP contribution is 2.27. The molecule has 0 aromatic rings. The molecule has 0 amide bonds. The van der Waals surface area contributed by atoms with Crippen molar-refractivity contribution in [1.82, 2.24) is 16.0 Å². The van der Waals surface area contributed by atoms with Crippen molar-refractivity contribution in [1.29, 1.82) is 0 Å². The number of hydrogen-bond acceptors (Lipinski definition) is 3. The molecule has 0 aliphatic carbocycles. The van der Waals surface area contributed by atoms with Gasteiger partial charge in [0.1, 0.15) is 0 Å². The molecular formula is C27H63N3. The Hall–Kier alpha value is -0.120. The zero-order valence-corrected chi connectivity index (χ0v) is 23.5. The molecule has 3 heteroatoms. The highest BCUT2D eigenvalue weighted by Gasteiger charge is 2.21. The van der Waals surface area contributed by atoms with E-state index in [1.54, 1.807) is 0 Å². The third-order valence-electron chi connectivity index (χ3n) is 5.72. The van der Waals surface area contributed by atoms with Gasteiger partial charge in [0, 0.05) is 6.54 Å². The highest BCUT2D eigenvalue weighted by molar-refractivity contribution is 4.78. The van der Waals surface area contributed by atoms with Crippen LogP contribution in [0.2, 0.25) is 0 Å². The van der Waals surface area contributed by atoms with Gasteiger partial charge >= 0.3 is 0 Å². The van der Waals surface area contributed by atoms with Crippen molar-refractivity contribution in [2.24, 2.45) is 16.2 Å². The van der Waals surface area contributed by atoms with Crippen LogP contribution in [-0.4, -0.2) is 39.3 Å². The number of hydrogen-bond donors (Lipinski definition) is 3. The van der Waals surface area contributed by atoms with Gasteiger partial charge in [0.25, 0.3) is 0 Å². The first-order valence-electron chi connectivity index (χ1n) is 13.2. The Kier molecular flexibility index (Phi) is 23.9. The molecule has 3 aliphatic heterocycles. The topological polar surface area (TPSA) is 36.1 Å². The Bertz CT molecular complexity index is 309. The molecule has 0 unspecified atom stereocenters. The smallest absolute Gasteiger partial charge is 0.000300 e. The highest BCUT2D eigenvalue weighted by atomic mass is 14.9. The summed E-state index contributed by atoms with van der Waals surface area (Å²) in [7, 11) is 0. The zero-order valence-electron chi connectivity index (χ0n) is 23.5. The van der Waals surface area contributed by atoms with E-state index < -0.39 is 0 Å². The fourth-order valence-electron chi connectivity index (χ4n) is 3.41. The number of rotatable bonds is 0. The van der Waals surface area contributed by atoms with Gasteiger partial charge in [-0.1, -0.05) is 83.1 Å². The Morgan fingerprint density at radius 1 is 0.400 bits per heavy atom. The van der Waals surface area contributed by atoms with Gasteiger partial charge in [0.2, 0.25) is 0 Å². The largest absolute Gasteiger partial charge is 0.317 e. The first kappa shape index (κ1) is 34.5. The molecule has 3 rings (SSSR count). The van der Waals surface area contributed by atoms with Crippen molar-refractivity contribution in [2.75, 3.05) is 39.3 Å². The van der Waals surface area contributed by atoms with Gasteiger partial charge in [-0.3, -0.25) is 0 Å². The van der Waals surface area contributed by atoms with Crippen LogP contribution in [0.1, 0.15) is 122 Å². The summed E-state index contributed by atoms with van der Waals surface area (Å²) in [5.41, 5.74) is 1.80. The average molecular weight is 430 g/mol. The molecule has 3 N–H and O–H groups in total. The van der Waals surface area contributed by atoms with Gasteiger partial charge in [-0.2, -0.15) is 0 Å². The average Bonchev–Trinajstić information content (AvgIpc) is 3.02. The maximum Gasteiger partial charge on any atom is 0.000300 e. The van der Waals surface area contributed by atoms with Crippen LogP contribution in [0.4, 0.5) is 0 Å². The first-order valence-corrected chi connectivity index (χ1v) is 13.2. The molecule has 3 saturated heterocycles. The van der Waals surface area contributed by atoms with E-state index in [0.29, 0.717) is 16.2 Å². The second kappa shape index (κ2) is 20.8. The fraction of sp³-hybridized carbons (Fsp3) is 1.00. The quantitative estimate of drug-likeness (QED) is 0.379. The van der Waals surface area contributed by atoms with Crippen LogP contribution in [0.3, 0.4) is 0 Å². The van der Waals surface area contributed by atoms with E-state index in [0.717, 1.165) is 0 Å². The molecule has 186 valence electrons. The molecule has 0 aromatic carbocycles. The first-order chi connectivity index (χ1) is 14.1. The van der Waals surface area contributed by atoms with Gasteiger partial charge in [-0.05, 0) is 87.5 Å². The van der Waals surface area contributed by atoms with E-state index in [1.165, 1.54) is 77.8 Å². The van der Waals surface area contributed by atoms with Gasteiger partial charge in [-0.15, -0.1) is 0 Å². The van der Waals surface area contributed by atoms with Crippen molar-refractivity contribution in [3.8, 4) is 0 Å². The van der Waals surface area contributed by atoms with Crippen molar-refractivity contribution >= 4 is 0 Å². The molecule has 0 saturated carbocycles. The molecule has 0 spiro atoms. The van der Waals surface area contributed by atoms with Crippen LogP contribution in [0, 0.1) is 16.2 Å². The Morgan fingerprint density at radius 3 is 1.03 bits per heavy atom. The molecule has 0 radical (unpaired) electrons. The maximum absolute atomic E-state index is 3.40. The van der Waals surface area contributed by atoms with Gasteiger partial charge in [-0.25, -0.2) is 0 Å². The number of nitrogens with one attached hydrogen (secondary N) is 3. The van der Waals surface area contributed by atoms with E-state index in [1.807, 2.05) is 41.5 Å². The summed E-state index contributed by atoms with van der Waals surface area (Å²) < 4.78 is 0. The summed E-state index contributed by atoms with van der Waals surface area (Å²) in [5.74, 6) is 0. The summed E-state index contributed by atoms with van der Waals surface area (Å²) >= 11 is 0. The van der Waals surface area contributed by atoms with Crippen LogP contribution >= 0.6 is 0 Å². The maximum atomic E-state index is 3.40. The number of piperidine rings is 1. The van der Waals surface area contributed by atoms with Crippen LogP contribution in [0.25, 0.3) is 0 Å². The minimum Gasteiger partial charge on any atom is -0.317 e. The summed E-state index contributed by atoms with van der Waals surface area (Å²) in [6.07, 6.45) is 8.10. The Labute approximate surface area is 193 Å². The Balaban J connectivity index is -0.000000325. The van der Waals surface area contributed by atoms with Crippen molar-refractivity contribution < 1.29 is 0 Å². The SMILES string of the molecule is CC.CC.CC.CC1(C)CCCNCC1.CC1(C)CCNC1.CC1(C)CCNCC1. The Morgan fingerprint density at radius 2 is 0.733 bits per heavy atom. The lowest BCUT2D eigenvalue weighted by Gasteiger charge is -2.29. The molecule has 30 heavy (non-hydrogen) atoms. The summed E-state index contributed by atoms with van der Waals surface area (Å²) in [5, 5.41) is 10.1. The second-order valence-corrected chi connectivity index (χ2v) is 10.3. The lowest BCUT2D eigenvalue weighted by atomic mass is 9.83. The third kappa shape index (κ3) is 22.6. The van der Waals surface area contributed by atoms with Gasteiger partial charge in [0.05, 0.1) is 0 Å². The summed E-state index contributed by atoms with van der Waals surface area (Å²) in [6, 6.07) is 0. The lowest BCUT2D eigenvalue weighted by molar-refractivity contribution is 0.259. The minimum atomic E-state index is 0.583. The van der Waals surface area contributed by atoms with Crippen LogP contribution < -0.4 is 16.0 Å². The van der Waals surface area contributed by atoms with E-state index in [4.69, 9.17) is 0 Å². The third-order valence-corrected chi connectivity index (χ3v) is 5.72. The molecule has 3 fully saturated rings. The predicted molar refractivity (Wildman–Crippen MR) is 142 cm³/mol. The zero-order chi connectivity index (χ0) is 24.1. The molecular weight excluding hydrogens is 366 g/mol. The van der Waals surface area contributed by atoms with Crippen LogP contribution in [-0.2, 0) is 0 Å². The minimum absolute atomic E-state index is 0.583. The normalized spacial score (nSPS) is 22.8. The monoisotopic (exact) mass is 430 g/mol. The van der Waals surface area contributed by atoms with Crippen LogP contribution in [0.15, 0.2) is 0 Å². The van der Waals surface area contributed by atoms with Gasteiger partial charge < -0.3 is 16.0 Å². The predicted octanol–water partition coefficient (Wildman–Crippen LogP) is 7.27. The van der Waals surface area contributed by atoms with E-state index in [9.17, 15) is 0 Å².